The Balaban J connectivity index is 3.46. The van der Waals surface area contributed by atoms with Gasteiger partial charge in [0.05, 0.1) is 5.56 Å². The van der Waals surface area contributed by atoms with E-state index in [2.05, 4.69) is 4.98 Å². The van der Waals surface area contributed by atoms with Crippen molar-refractivity contribution in [1.29, 1.82) is 0 Å². The smallest absolute Gasteiger partial charge is 0.206 e. The lowest BCUT2D eigenvalue weighted by Gasteiger charge is -2.03. The van der Waals surface area contributed by atoms with E-state index < -0.39 is 32.0 Å². The van der Waals surface area contributed by atoms with E-state index in [1.165, 1.54) is 0 Å². The molecule has 0 unspecified atom stereocenters. The van der Waals surface area contributed by atoms with Gasteiger partial charge in [-0.25, -0.2) is 22.2 Å². The van der Waals surface area contributed by atoms with Crippen molar-refractivity contribution < 1.29 is 21.6 Å². The number of hydrogen-bond donors (Lipinski definition) is 0. The van der Waals surface area contributed by atoms with Gasteiger partial charge in [-0.3, -0.25) is 0 Å². The molecule has 0 bridgehead atoms. The Bertz CT molecular complexity index is 448. The maximum Gasteiger partial charge on any atom is 0.279 e. The molecule has 14 heavy (non-hydrogen) atoms. The fraction of sp³-hybridized carbons (Fsp3) is 0.167. The average molecular weight is 246 g/mol. The third-order valence-electron chi connectivity index (χ3n) is 1.32. The van der Waals surface area contributed by atoms with Crippen LogP contribution in [0.2, 0.25) is 0 Å². The Morgan fingerprint density at radius 2 is 1.93 bits per heavy atom. The van der Waals surface area contributed by atoms with Gasteiger partial charge in [-0.15, -0.1) is 0 Å². The van der Waals surface area contributed by atoms with Gasteiger partial charge in [0, 0.05) is 10.7 Å². The molecule has 0 saturated carbocycles. The zero-order valence-electron chi connectivity index (χ0n) is 6.42. The molecule has 0 N–H and O–H groups in total. The largest absolute Gasteiger partial charge is 0.279 e. The van der Waals surface area contributed by atoms with Crippen molar-refractivity contribution in [3.63, 3.8) is 0 Å². The monoisotopic (exact) mass is 245 g/mol. The van der Waals surface area contributed by atoms with E-state index >= 15 is 0 Å². The van der Waals surface area contributed by atoms with Crippen LogP contribution in [0.1, 0.15) is 12.0 Å². The van der Waals surface area contributed by atoms with Crippen LogP contribution in [0.15, 0.2) is 17.2 Å². The van der Waals surface area contributed by atoms with Gasteiger partial charge in [-0.2, -0.15) is 4.39 Å². The number of aromatic nitrogens is 1. The zero-order chi connectivity index (χ0) is 10.9. The summed E-state index contributed by atoms with van der Waals surface area (Å²) >= 11 is 0. The van der Waals surface area contributed by atoms with Gasteiger partial charge in [0.2, 0.25) is 5.95 Å². The topological polar surface area (TPSA) is 47.0 Å². The summed E-state index contributed by atoms with van der Waals surface area (Å²) in [5, 5.41) is -1.14. The van der Waals surface area contributed by atoms with Crippen LogP contribution in [-0.2, 0) is 9.05 Å². The van der Waals surface area contributed by atoms with Gasteiger partial charge in [0.15, 0.2) is 5.03 Å². The number of halogens is 4. The van der Waals surface area contributed by atoms with Crippen molar-refractivity contribution >= 4 is 19.7 Å². The Hall–Kier alpha value is -0.820. The molecule has 0 aromatic carbocycles. The van der Waals surface area contributed by atoms with E-state index in [9.17, 15) is 21.6 Å². The lowest BCUT2D eigenvalue weighted by molar-refractivity contribution is 0.146. The first kappa shape index (κ1) is 11.3. The molecule has 0 fully saturated rings. The first-order valence-electron chi connectivity index (χ1n) is 3.21. The van der Waals surface area contributed by atoms with Crippen LogP contribution >= 0.6 is 10.7 Å². The van der Waals surface area contributed by atoms with E-state index in [-0.39, 0.29) is 0 Å². The van der Waals surface area contributed by atoms with Gasteiger partial charge in [-0.1, -0.05) is 0 Å². The number of nitrogens with zero attached hydrogens (tertiary/aromatic N) is 1. The molecule has 0 amide bonds. The highest BCUT2D eigenvalue weighted by Gasteiger charge is 2.23. The first-order chi connectivity index (χ1) is 6.32. The summed E-state index contributed by atoms with van der Waals surface area (Å²) in [5.41, 5.74) is -0.915. The van der Waals surface area contributed by atoms with Gasteiger partial charge in [0.25, 0.3) is 15.5 Å². The third-order valence-corrected chi connectivity index (χ3v) is 2.55. The maximum atomic E-state index is 12.5. The second-order valence-electron chi connectivity index (χ2n) is 2.27. The Labute approximate surface area is 81.9 Å². The zero-order valence-corrected chi connectivity index (χ0v) is 7.99. The fourth-order valence-electron chi connectivity index (χ4n) is 0.790. The van der Waals surface area contributed by atoms with E-state index in [0.29, 0.717) is 12.1 Å². The molecule has 0 saturated heterocycles. The minimum Gasteiger partial charge on any atom is -0.206 e. The van der Waals surface area contributed by atoms with Gasteiger partial charge in [-0.05, 0) is 12.1 Å². The van der Waals surface area contributed by atoms with E-state index in [0.717, 1.165) is 0 Å². The normalized spacial score (nSPS) is 12.1. The van der Waals surface area contributed by atoms with Crippen LogP contribution in [0.5, 0.6) is 0 Å². The van der Waals surface area contributed by atoms with Crippen molar-refractivity contribution in [3.8, 4) is 0 Å². The Morgan fingerprint density at radius 3 is 2.36 bits per heavy atom. The Kier molecular flexibility index (Phi) is 3.01. The minimum absolute atomic E-state index is 0.627. The Morgan fingerprint density at radius 1 is 1.36 bits per heavy atom. The van der Waals surface area contributed by atoms with Crippen LogP contribution in [-0.4, -0.2) is 13.4 Å². The van der Waals surface area contributed by atoms with Crippen molar-refractivity contribution in [1.82, 2.24) is 4.98 Å². The highest BCUT2D eigenvalue weighted by atomic mass is 35.7. The van der Waals surface area contributed by atoms with Crippen LogP contribution in [0.3, 0.4) is 0 Å². The van der Waals surface area contributed by atoms with E-state index in [4.69, 9.17) is 10.7 Å². The molecule has 0 atom stereocenters. The predicted octanol–water partition coefficient (Wildman–Crippen LogP) is 2.09. The molecule has 0 aliphatic heterocycles. The molecule has 0 spiro atoms. The molecule has 1 aromatic heterocycles. The summed E-state index contributed by atoms with van der Waals surface area (Å²) in [4.78, 5) is 2.80. The summed E-state index contributed by atoms with van der Waals surface area (Å²) in [6.07, 6.45) is -3.08. The molecule has 1 rings (SSSR count). The van der Waals surface area contributed by atoms with Gasteiger partial charge < -0.3 is 0 Å². The van der Waals surface area contributed by atoms with Crippen molar-refractivity contribution in [3.05, 3.63) is 23.6 Å². The van der Waals surface area contributed by atoms with E-state index in [1.54, 1.807) is 0 Å². The summed E-state index contributed by atoms with van der Waals surface area (Å²) in [7, 11) is 0.330. The minimum atomic E-state index is -4.46. The number of hydrogen-bond acceptors (Lipinski definition) is 3. The molecule has 0 radical (unpaired) electrons. The van der Waals surface area contributed by atoms with Crippen LogP contribution in [0.4, 0.5) is 13.2 Å². The summed E-state index contributed by atoms with van der Waals surface area (Å²) in [6, 6.07) is 1.26. The van der Waals surface area contributed by atoms with Crippen LogP contribution in [0, 0.1) is 5.95 Å². The molecule has 0 aliphatic rings. The average Bonchev–Trinajstić information content (AvgIpc) is 2.01. The molecule has 0 aliphatic carbocycles. The van der Waals surface area contributed by atoms with Gasteiger partial charge >= 0.3 is 0 Å². The molecular weight excluding hydrogens is 243 g/mol. The molecule has 1 aromatic rings. The predicted molar refractivity (Wildman–Crippen MR) is 42.2 cm³/mol. The lowest BCUT2D eigenvalue weighted by Crippen LogP contribution is -2.03. The summed E-state index contributed by atoms with van der Waals surface area (Å²) in [5.74, 6) is -1.19. The SMILES string of the molecule is O=S(=O)(Cl)c1nc(F)ccc1C(F)F. The number of pyridine rings is 1. The van der Waals surface area contributed by atoms with Crippen LogP contribution in [0.25, 0.3) is 0 Å². The number of rotatable bonds is 2. The standard InChI is InChI=1S/C6H3ClF3NO2S/c7-14(12,13)6-3(5(9)10)1-2-4(8)11-6/h1-2,5H. The lowest BCUT2D eigenvalue weighted by atomic mass is 10.3. The van der Waals surface area contributed by atoms with Crippen molar-refractivity contribution in [2.24, 2.45) is 0 Å². The van der Waals surface area contributed by atoms with E-state index in [1.807, 2.05) is 0 Å². The second kappa shape index (κ2) is 3.74. The summed E-state index contributed by atoms with van der Waals surface area (Å²) in [6.45, 7) is 0. The maximum absolute atomic E-state index is 12.5. The quantitative estimate of drug-likeness (QED) is 0.592. The molecule has 8 heteroatoms. The fourth-order valence-corrected chi connectivity index (χ4v) is 1.80. The molecule has 1 heterocycles. The third kappa shape index (κ3) is 2.36. The van der Waals surface area contributed by atoms with Gasteiger partial charge in [0.1, 0.15) is 0 Å². The molecule has 3 nitrogen and oxygen atoms in total. The highest BCUT2D eigenvalue weighted by molar-refractivity contribution is 8.13. The first-order valence-corrected chi connectivity index (χ1v) is 5.52. The molecule has 78 valence electrons. The number of alkyl halides is 2. The van der Waals surface area contributed by atoms with Crippen molar-refractivity contribution in [2.75, 3.05) is 0 Å². The molecular formula is C6H3ClF3NO2S. The van der Waals surface area contributed by atoms with Crippen LogP contribution < -0.4 is 0 Å². The summed E-state index contributed by atoms with van der Waals surface area (Å²) < 4.78 is 58.3. The highest BCUT2D eigenvalue weighted by Crippen LogP contribution is 2.26. The second-order valence-corrected chi connectivity index (χ2v) is 4.75. The van der Waals surface area contributed by atoms with Crippen molar-refractivity contribution in [2.45, 2.75) is 11.5 Å².